The predicted molar refractivity (Wildman–Crippen MR) is 89.6 cm³/mol. The van der Waals surface area contributed by atoms with Gasteiger partial charge in [-0.3, -0.25) is 9.59 Å². The molecule has 2 aliphatic rings. The van der Waals surface area contributed by atoms with Crippen LogP contribution in [0.2, 0.25) is 0 Å². The topological polar surface area (TPSA) is 49.4 Å². The van der Waals surface area contributed by atoms with Crippen LogP contribution in [0.5, 0.6) is 0 Å². The zero-order valence-electron chi connectivity index (χ0n) is 14.1. The Morgan fingerprint density at radius 3 is 2.67 bits per heavy atom. The normalized spacial score (nSPS) is 25.1. The molecule has 3 rings (SSSR count). The molecule has 0 aromatic heterocycles. The van der Waals surface area contributed by atoms with E-state index in [1.807, 2.05) is 0 Å². The summed E-state index contributed by atoms with van der Waals surface area (Å²) in [6.07, 6.45) is 5.61. The van der Waals surface area contributed by atoms with Crippen molar-refractivity contribution in [1.29, 1.82) is 0 Å². The third-order valence-electron chi connectivity index (χ3n) is 5.46. The number of nitrogens with one attached hydrogen (secondary N) is 1. The minimum atomic E-state index is -0.531. The van der Waals surface area contributed by atoms with Crippen molar-refractivity contribution < 1.29 is 14.0 Å². The van der Waals surface area contributed by atoms with E-state index in [1.54, 1.807) is 25.2 Å². The van der Waals surface area contributed by atoms with Crippen molar-refractivity contribution in [3.05, 3.63) is 35.6 Å². The summed E-state index contributed by atoms with van der Waals surface area (Å²) in [4.78, 5) is 26.4. The molecule has 1 N–H and O–H groups in total. The average molecular weight is 332 g/mol. The van der Waals surface area contributed by atoms with Crippen molar-refractivity contribution in [2.45, 2.75) is 44.6 Å². The number of amides is 2. The van der Waals surface area contributed by atoms with Crippen LogP contribution in [0.3, 0.4) is 0 Å². The summed E-state index contributed by atoms with van der Waals surface area (Å²) in [5.74, 6) is -0.301. The average Bonchev–Trinajstić information content (AvgIpc) is 3.09. The summed E-state index contributed by atoms with van der Waals surface area (Å²) < 4.78 is 14.3. The van der Waals surface area contributed by atoms with Gasteiger partial charge in [0.05, 0.1) is 12.0 Å². The van der Waals surface area contributed by atoms with Crippen molar-refractivity contribution >= 4 is 11.8 Å². The van der Waals surface area contributed by atoms with Crippen molar-refractivity contribution in [2.24, 2.45) is 11.8 Å². The van der Waals surface area contributed by atoms with Gasteiger partial charge < -0.3 is 10.2 Å². The van der Waals surface area contributed by atoms with Crippen LogP contribution in [0.1, 0.15) is 50.1 Å². The van der Waals surface area contributed by atoms with Gasteiger partial charge >= 0.3 is 0 Å². The molecule has 1 aromatic carbocycles. The number of piperidine rings is 1. The molecule has 0 bridgehead atoms. The van der Waals surface area contributed by atoms with Gasteiger partial charge in [-0.05, 0) is 31.2 Å². The van der Waals surface area contributed by atoms with E-state index >= 15 is 0 Å². The lowest BCUT2D eigenvalue weighted by Crippen LogP contribution is -2.47. The van der Waals surface area contributed by atoms with Crippen LogP contribution in [-0.4, -0.2) is 30.3 Å². The van der Waals surface area contributed by atoms with Crippen LogP contribution in [0.25, 0.3) is 0 Å². The molecule has 24 heavy (non-hydrogen) atoms. The molecule has 2 amide bonds. The quantitative estimate of drug-likeness (QED) is 0.921. The fourth-order valence-corrected chi connectivity index (χ4v) is 4.04. The van der Waals surface area contributed by atoms with Gasteiger partial charge in [-0.2, -0.15) is 0 Å². The first-order chi connectivity index (χ1) is 11.6. The highest BCUT2D eigenvalue weighted by Gasteiger charge is 2.40. The molecule has 1 saturated carbocycles. The lowest BCUT2D eigenvalue weighted by atomic mass is 9.83. The molecule has 1 aromatic rings. The van der Waals surface area contributed by atoms with Crippen LogP contribution in [0, 0.1) is 17.7 Å². The fourth-order valence-electron chi connectivity index (χ4n) is 4.04. The maximum atomic E-state index is 14.3. The molecule has 5 heteroatoms. The highest BCUT2D eigenvalue weighted by Crippen LogP contribution is 2.37. The molecule has 0 unspecified atom stereocenters. The number of hydrogen-bond donors (Lipinski definition) is 1. The fraction of sp³-hybridized carbons (Fsp3) is 0.579. The van der Waals surface area contributed by atoms with Gasteiger partial charge in [0.25, 0.3) is 0 Å². The number of carbonyl (C=O) groups excluding carboxylic acids is 2. The number of nitrogens with zero attached hydrogens (tertiary/aromatic N) is 1. The molecule has 1 aliphatic carbocycles. The maximum Gasteiger partial charge on any atom is 0.225 e. The van der Waals surface area contributed by atoms with Crippen molar-refractivity contribution in [2.75, 3.05) is 13.6 Å². The Balaban J connectivity index is 1.77. The summed E-state index contributed by atoms with van der Waals surface area (Å²) in [6.45, 7) is 0.691. The summed E-state index contributed by atoms with van der Waals surface area (Å²) in [6, 6.07) is 5.90. The first-order valence-corrected chi connectivity index (χ1v) is 8.85. The van der Waals surface area contributed by atoms with Crippen molar-refractivity contribution in [1.82, 2.24) is 10.2 Å². The lowest BCUT2D eigenvalue weighted by molar-refractivity contribution is -0.141. The van der Waals surface area contributed by atoms with Crippen LogP contribution < -0.4 is 5.32 Å². The van der Waals surface area contributed by atoms with Crippen LogP contribution in [0.15, 0.2) is 24.3 Å². The molecule has 1 heterocycles. The van der Waals surface area contributed by atoms with E-state index in [0.717, 1.165) is 0 Å². The number of likely N-dealkylation sites (tertiary alicyclic amines) is 1. The monoisotopic (exact) mass is 332 g/mol. The van der Waals surface area contributed by atoms with Crippen molar-refractivity contribution in [3.63, 3.8) is 0 Å². The van der Waals surface area contributed by atoms with E-state index in [4.69, 9.17) is 0 Å². The Morgan fingerprint density at radius 1 is 1.25 bits per heavy atom. The number of rotatable bonds is 4. The van der Waals surface area contributed by atoms with Crippen LogP contribution >= 0.6 is 0 Å². The second-order valence-electron chi connectivity index (χ2n) is 7.01. The van der Waals surface area contributed by atoms with E-state index in [9.17, 15) is 14.0 Å². The number of carbonyl (C=O) groups is 2. The molecule has 2 fully saturated rings. The summed E-state index contributed by atoms with van der Waals surface area (Å²) in [5.41, 5.74) is 0.425. The standard InChI is InChI=1S/C19H25FN2O2/c1-22-17(23)11-10-15(18(22)14-8-4-5-9-16(14)20)19(24)21-12-13-6-2-3-7-13/h4-5,8-9,13,15,18H,2-3,6-7,10-12H2,1H3,(H,21,24)/t15-,18+/m0/s1. The van der Waals surface area contributed by atoms with Gasteiger partial charge in [-0.15, -0.1) is 0 Å². The van der Waals surface area contributed by atoms with Gasteiger partial charge in [0.1, 0.15) is 5.82 Å². The van der Waals surface area contributed by atoms with Gasteiger partial charge in [0.15, 0.2) is 0 Å². The largest absolute Gasteiger partial charge is 0.356 e. The third kappa shape index (κ3) is 3.45. The second kappa shape index (κ2) is 7.32. The summed E-state index contributed by atoms with van der Waals surface area (Å²) in [7, 11) is 1.66. The summed E-state index contributed by atoms with van der Waals surface area (Å²) in [5, 5.41) is 3.05. The van der Waals surface area contributed by atoms with E-state index < -0.39 is 12.0 Å². The van der Waals surface area contributed by atoms with Gasteiger partial charge in [0, 0.05) is 25.6 Å². The third-order valence-corrected chi connectivity index (χ3v) is 5.46. The first-order valence-electron chi connectivity index (χ1n) is 8.85. The molecule has 2 atom stereocenters. The number of benzene rings is 1. The Morgan fingerprint density at radius 2 is 1.96 bits per heavy atom. The van der Waals surface area contributed by atoms with Gasteiger partial charge in [-0.25, -0.2) is 4.39 Å². The number of halogens is 1. The molecular formula is C19H25FN2O2. The van der Waals surface area contributed by atoms with Gasteiger partial charge in [0.2, 0.25) is 11.8 Å². The van der Waals surface area contributed by atoms with E-state index in [-0.39, 0.29) is 17.6 Å². The summed E-state index contributed by atoms with van der Waals surface area (Å²) >= 11 is 0. The van der Waals surface area contributed by atoms with E-state index in [0.29, 0.717) is 30.9 Å². The zero-order chi connectivity index (χ0) is 17.1. The Kier molecular flexibility index (Phi) is 5.17. The first kappa shape index (κ1) is 16.9. The predicted octanol–water partition coefficient (Wildman–Crippen LogP) is 3.04. The van der Waals surface area contributed by atoms with Crippen LogP contribution in [0.4, 0.5) is 4.39 Å². The zero-order valence-corrected chi connectivity index (χ0v) is 14.1. The molecule has 1 saturated heterocycles. The Bertz CT molecular complexity index is 613. The van der Waals surface area contributed by atoms with Crippen molar-refractivity contribution in [3.8, 4) is 0 Å². The van der Waals surface area contributed by atoms with Gasteiger partial charge in [-0.1, -0.05) is 31.0 Å². The van der Waals surface area contributed by atoms with Crippen LogP contribution in [-0.2, 0) is 9.59 Å². The minimum absolute atomic E-state index is 0.0388. The lowest BCUT2D eigenvalue weighted by Gasteiger charge is -2.38. The van der Waals surface area contributed by atoms with E-state index in [2.05, 4.69) is 5.32 Å². The Hall–Kier alpha value is -1.91. The van der Waals surface area contributed by atoms with E-state index in [1.165, 1.54) is 36.6 Å². The highest BCUT2D eigenvalue weighted by atomic mass is 19.1. The molecule has 0 spiro atoms. The number of hydrogen-bond acceptors (Lipinski definition) is 2. The second-order valence-corrected chi connectivity index (χ2v) is 7.01. The molecular weight excluding hydrogens is 307 g/mol. The molecule has 1 aliphatic heterocycles. The maximum absolute atomic E-state index is 14.3. The highest BCUT2D eigenvalue weighted by molar-refractivity contribution is 5.84. The minimum Gasteiger partial charge on any atom is -0.356 e. The Labute approximate surface area is 142 Å². The smallest absolute Gasteiger partial charge is 0.225 e. The SMILES string of the molecule is CN1C(=O)CC[C@H](C(=O)NCC2CCCC2)[C@H]1c1ccccc1F. The molecule has 0 radical (unpaired) electrons. The molecule has 4 nitrogen and oxygen atoms in total. The molecule has 130 valence electrons.